The van der Waals surface area contributed by atoms with E-state index in [1.54, 1.807) is 12.3 Å². The molecule has 0 aliphatic heterocycles. The zero-order chi connectivity index (χ0) is 13.8. The number of aromatic nitrogens is 1. The minimum absolute atomic E-state index is 0.174. The summed E-state index contributed by atoms with van der Waals surface area (Å²) in [4.78, 5) is 15.0. The molecule has 5 heteroatoms. The summed E-state index contributed by atoms with van der Waals surface area (Å²) in [6.45, 7) is 2.51. The van der Waals surface area contributed by atoms with Crippen LogP contribution in [-0.2, 0) is 6.54 Å². The van der Waals surface area contributed by atoms with E-state index in [0.717, 1.165) is 11.3 Å². The van der Waals surface area contributed by atoms with Crippen LogP contribution in [0.5, 0.6) is 0 Å². The quantitative estimate of drug-likeness (QED) is 0.899. The zero-order valence-corrected chi connectivity index (χ0v) is 11.1. The van der Waals surface area contributed by atoms with E-state index in [9.17, 15) is 4.79 Å². The summed E-state index contributed by atoms with van der Waals surface area (Å²) in [5.74, 6) is -0.990. The first kappa shape index (κ1) is 13.4. The van der Waals surface area contributed by atoms with E-state index in [1.165, 1.54) is 12.1 Å². The number of aryl methyl sites for hydroxylation is 1. The van der Waals surface area contributed by atoms with E-state index in [2.05, 4.69) is 10.3 Å². The summed E-state index contributed by atoms with van der Waals surface area (Å²) < 4.78 is 0. The SMILES string of the molecule is Cc1ccc(CNc2ccc(C(=O)O)cc2Cl)cn1. The highest BCUT2D eigenvalue weighted by Crippen LogP contribution is 2.23. The number of nitrogens with one attached hydrogen (secondary N) is 1. The van der Waals surface area contributed by atoms with Gasteiger partial charge in [-0.3, -0.25) is 4.98 Å². The predicted molar refractivity (Wildman–Crippen MR) is 74.7 cm³/mol. The van der Waals surface area contributed by atoms with Crippen LogP contribution in [-0.4, -0.2) is 16.1 Å². The summed E-state index contributed by atoms with van der Waals surface area (Å²) in [7, 11) is 0. The minimum atomic E-state index is -0.990. The molecule has 0 saturated heterocycles. The van der Waals surface area contributed by atoms with Gasteiger partial charge in [0.15, 0.2) is 0 Å². The van der Waals surface area contributed by atoms with Crippen molar-refractivity contribution >= 4 is 23.3 Å². The average Bonchev–Trinajstić information content (AvgIpc) is 2.39. The standard InChI is InChI=1S/C14H13ClN2O2/c1-9-2-3-10(7-16-9)8-17-13-5-4-11(14(18)19)6-12(13)15/h2-7,17H,8H2,1H3,(H,18,19). The van der Waals surface area contributed by atoms with Crippen LogP contribution in [0.3, 0.4) is 0 Å². The highest BCUT2D eigenvalue weighted by Gasteiger charge is 2.06. The van der Waals surface area contributed by atoms with Gasteiger partial charge in [0.25, 0.3) is 0 Å². The third kappa shape index (κ3) is 3.45. The van der Waals surface area contributed by atoms with Crippen molar-refractivity contribution in [3.05, 3.63) is 58.4 Å². The summed E-state index contributed by atoms with van der Waals surface area (Å²) >= 11 is 6.02. The van der Waals surface area contributed by atoms with Crippen molar-refractivity contribution in [1.29, 1.82) is 0 Å². The second-order valence-electron chi connectivity index (χ2n) is 4.16. The average molecular weight is 277 g/mol. The first-order valence-corrected chi connectivity index (χ1v) is 6.12. The van der Waals surface area contributed by atoms with E-state index in [-0.39, 0.29) is 5.56 Å². The Morgan fingerprint density at radius 2 is 2.16 bits per heavy atom. The van der Waals surface area contributed by atoms with Crippen LogP contribution in [0.1, 0.15) is 21.6 Å². The molecule has 0 fully saturated rings. The number of anilines is 1. The molecule has 0 aliphatic carbocycles. The molecule has 0 unspecified atom stereocenters. The Morgan fingerprint density at radius 3 is 2.74 bits per heavy atom. The van der Waals surface area contributed by atoms with Gasteiger partial charge in [0.05, 0.1) is 16.3 Å². The fourth-order valence-electron chi connectivity index (χ4n) is 1.59. The number of pyridine rings is 1. The highest BCUT2D eigenvalue weighted by atomic mass is 35.5. The van der Waals surface area contributed by atoms with E-state index >= 15 is 0 Å². The van der Waals surface area contributed by atoms with Crippen LogP contribution in [0.15, 0.2) is 36.5 Å². The Bertz CT molecular complexity index is 597. The van der Waals surface area contributed by atoms with E-state index < -0.39 is 5.97 Å². The normalized spacial score (nSPS) is 10.2. The molecule has 98 valence electrons. The lowest BCUT2D eigenvalue weighted by molar-refractivity contribution is 0.0697. The zero-order valence-electron chi connectivity index (χ0n) is 10.4. The van der Waals surface area contributed by atoms with Crippen LogP contribution in [0.2, 0.25) is 5.02 Å². The second kappa shape index (κ2) is 5.71. The van der Waals surface area contributed by atoms with Crippen molar-refractivity contribution in [2.45, 2.75) is 13.5 Å². The molecule has 0 saturated carbocycles. The minimum Gasteiger partial charge on any atom is -0.478 e. The molecule has 2 N–H and O–H groups in total. The fourth-order valence-corrected chi connectivity index (χ4v) is 1.84. The number of halogens is 1. The lowest BCUT2D eigenvalue weighted by Gasteiger charge is -2.09. The van der Waals surface area contributed by atoms with Crippen molar-refractivity contribution in [3.63, 3.8) is 0 Å². The van der Waals surface area contributed by atoms with Crippen LogP contribution in [0.25, 0.3) is 0 Å². The number of benzene rings is 1. The van der Waals surface area contributed by atoms with E-state index in [4.69, 9.17) is 16.7 Å². The molecule has 4 nitrogen and oxygen atoms in total. The molecule has 0 aliphatic rings. The summed E-state index contributed by atoms with van der Waals surface area (Å²) in [6.07, 6.45) is 1.79. The van der Waals surface area contributed by atoms with Gasteiger partial charge in [-0.2, -0.15) is 0 Å². The molecule has 0 amide bonds. The van der Waals surface area contributed by atoms with Gasteiger partial charge in [-0.25, -0.2) is 4.79 Å². The number of carboxylic acids is 1. The van der Waals surface area contributed by atoms with E-state index in [1.807, 2.05) is 19.1 Å². The van der Waals surface area contributed by atoms with E-state index in [0.29, 0.717) is 17.3 Å². The lowest BCUT2D eigenvalue weighted by atomic mass is 10.2. The number of hydrogen-bond acceptors (Lipinski definition) is 3. The summed E-state index contributed by atoms with van der Waals surface area (Å²) in [5, 5.41) is 12.4. The van der Waals surface area contributed by atoms with Crippen molar-refractivity contribution in [3.8, 4) is 0 Å². The third-order valence-electron chi connectivity index (χ3n) is 2.67. The molecule has 0 bridgehead atoms. The number of nitrogens with zero attached hydrogens (tertiary/aromatic N) is 1. The van der Waals surface area contributed by atoms with Crippen LogP contribution >= 0.6 is 11.6 Å². The van der Waals surface area contributed by atoms with Crippen molar-refractivity contribution in [2.75, 3.05) is 5.32 Å². The van der Waals surface area contributed by atoms with Crippen LogP contribution < -0.4 is 5.32 Å². The van der Waals surface area contributed by atoms with Gasteiger partial charge in [0.2, 0.25) is 0 Å². The molecule has 0 spiro atoms. The van der Waals surface area contributed by atoms with Gasteiger partial charge < -0.3 is 10.4 Å². The number of rotatable bonds is 4. The summed E-state index contributed by atoms with van der Waals surface area (Å²) in [5.41, 5.74) is 2.87. The number of carboxylic acid groups (broad SMARTS) is 1. The molecule has 0 radical (unpaired) electrons. The molecule has 2 aromatic rings. The van der Waals surface area contributed by atoms with Gasteiger partial charge in [-0.1, -0.05) is 17.7 Å². The van der Waals surface area contributed by atoms with Crippen LogP contribution in [0, 0.1) is 6.92 Å². The smallest absolute Gasteiger partial charge is 0.335 e. The predicted octanol–water partition coefficient (Wildman–Crippen LogP) is 3.35. The van der Waals surface area contributed by atoms with Gasteiger partial charge >= 0.3 is 5.97 Å². The van der Waals surface area contributed by atoms with Gasteiger partial charge in [-0.05, 0) is 36.8 Å². The molecular weight excluding hydrogens is 264 g/mol. The van der Waals surface area contributed by atoms with Crippen LogP contribution in [0.4, 0.5) is 5.69 Å². The number of carbonyl (C=O) groups is 1. The topological polar surface area (TPSA) is 62.2 Å². The monoisotopic (exact) mass is 276 g/mol. The molecule has 0 atom stereocenters. The third-order valence-corrected chi connectivity index (χ3v) is 2.98. The maximum atomic E-state index is 10.8. The Balaban J connectivity index is 2.07. The molecule has 1 heterocycles. The fraction of sp³-hybridized carbons (Fsp3) is 0.143. The maximum Gasteiger partial charge on any atom is 0.335 e. The Kier molecular flexibility index (Phi) is 4.02. The molecule has 1 aromatic heterocycles. The largest absolute Gasteiger partial charge is 0.478 e. The second-order valence-corrected chi connectivity index (χ2v) is 4.57. The van der Waals surface area contributed by atoms with Gasteiger partial charge in [-0.15, -0.1) is 0 Å². The van der Waals surface area contributed by atoms with Gasteiger partial charge in [0, 0.05) is 18.4 Å². The molecule has 1 aromatic carbocycles. The molecule has 19 heavy (non-hydrogen) atoms. The number of aromatic carboxylic acids is 1. The first-order valence-electron chi connectivity index (χ1n) is 5.74. The Morgan fingerprint density at radius 1 is 1.37 bits per heavy atom. The lowest BCUT2D eigenvalue weighted by Crippen LogP contribution is -2.02. The molecule has 2 rings (SSSR count). The van der Waals surface area contributed by atoms with Crippen molar-refractivity contribution in [2.24, 2.45) is 0 Å². The number of hydrogen-bond donors (Lipinski definition) is 2. The van der Waals surface area contributed by atoms with Crippen molar-refractivity contribution < 1.29 is 9.90 Å². The van der Waals surface area contributed by atoms with Crippen molar-refractivity contribution in [1.82, 2.24) is 4.98 Å². The van der Waals surface area contributed by atoms with Gasteiger partial charge in [0.1, 0.15) is 0 Å². The molecular formula is C14H13ClN2O2. The highest BCUT2D eigenvalue weighted by molar-refractivity contribution is 6.33. The summed E-state index contributed by atoms with van der Waals surface area (Å²) in [6, 6.07) is 8.53. The first-order chi connectivity index (χ1) is 9.06. The maximum absolute atomic E-state index is 10.8. The Labute approximate surface area is 116 Å². The Hall–Kier alpha value is -2.07.